The van der Waals surface area contributed by atoms with E-state index in [0.29, 0.717) is 5.56 Å². The molecule has 0 spiro atoms. The van der Waals surface area contributed by atoms with Crippen molar-refractivity contribution in [1.82, 2.24) is 0 Å². The zero-order valence-electron chi connectivity index (χ0n) is 10.4. The molecule has 0 atom stereocenters. The monoisotopic (exact) mass is 264 g/mol. The van der Waals surface area contributed by atoms with Gasteiger partial charge in [-0.2, -0.15) is 8.78 Å². The van der Waals surface area contributed by atoms with Crippen molar-refractivity contribution in [3.63, 3.8) is 0 Å². The number of halogens is 2. The van der Waals surface area contributed by atoms with Crippen molar-refractivity contribution in [2.75, 3.05) is 0 Å². The second-order valence-electron chi connectivity index (χ2n) is 4.23. The third kappa shape index (κ3) is 3.29. The molecule has 0 saturated carbocycles. The van der Waals surface area contributed by atoms with Gasteiger partial charge in [-0.3, -0.25) is 0 Å². The van der Waals surface area contributed by atoms with Crippen molar-refractivity contribution < 1.29 is 18.6 Å². The molecular formula is C15H14F2O2. The van der Waals surface area contributed by atoms with Crippen LogP contribution in [0.3, 0.4) is 0 Å². The highest BCUT2D eigenvalue weighted by molar-refractivity contribution is 5.66. The van der Waals surface area contributed by atoms with Crippen LogP contribution in [0, 0.1) is 6.92 Å². The van der Waals surface area contributed by atoms with Crippen molar-refractivity contribution in [2.45, 2.75) is 20.1 Å². The molecule has 0 fully saturated rings. The van der Waals surface area contributed by atoms with E-state index in [2.05, 4.69) is 4.74 Å². The highest BCUT2D eigenvalue weighted by atomic mass is 19.3. The molecule has 100 valence electrons. The Morgan fingerprint density at radius 3 is 2.47 bits per heavy atom. The van der Waals surface area contributed by atoms with Crippen LogP contribution in [-0.2, 0) is 6.61 Å². The summed E-state index contributed by atoms with van der Waals surface area (Å²) < 4.78 is 29.1. The van der Waals surface area contributed by atoms with Crippen LogP contribution in [0.5, 0.6) is 5.75 Å². The molecule has 0 aliphatic rings. The standard InChI is InChI=1S/C15H14F2O2/c1-10-3-2-4-11(7-10)12-5-6-13(9-18)14(8-12)19-15(16)17/h2-8,15,18H,9H2,1H3. The fourth-order valence-corrected chi connectivity index (χ4v) is 1.90. The van der Waals surface area contributed by atoms with Crippen LogP contribution >= 0.6 is 0 Å². The van der Waals surface area contributed by atoms with Crippen LogP contribution in [0.25, 0.3) is 11.1 Å². The molecule has 0 bridgehead atoms. The lowest BCUT2D eigenvalue weighted by Gasteiger charge is -2.11. The maximum Gasteiger partial charge on any atom is 0.387 e. The minimum Gasteiger partial charge on any atom is -0.434 e. The molecule has 0 aromatic heterocycles. The summed E-state index contributed by atoms with van der Waals surface area (Å²) in [6.45, 7) is -1.28. The summed E-state index contributed by atoms with van der Waals surface area (Å²) >= 11 is 0. The average molecular weight is 264 g/mol. The molecule has 0 aliphatic carbocycles. The largest absolute Gasteiger partial charge is 0.434 e. The Labute approximate surface area is 110 Å². The first-order valence-corrected chi connectivity index (χ1v) is 5.86. The van der Waals surface area contributed by atoms with Gasteiger partial charge in [-0.15, -0.1) is 0 Å². The van der Waals surface area contributed by atoms with Gasteiger partial charge in [-0.05, 0) is 24.1 Å². The third-order valence-electron chi connectivity index (χ3n) is 2.80. The minimum absolute atomic E-state index is 0.0107. The smallest absolute Gasteiger partial charge is 0.387 e. The summed E-state index contributed by atoms with van der Waals surface area (Å²) in [5.41, 5.74) is 3.12. The molecule has 0 saturated heterocycles. The molecule has 2 aromatic carbocycles. The average Bonchev–Trinajstić information content (AvgIpc) is 2.38. The van der Waals surface area contributed by atoms with Crippen LogP contribution in [-0.4, -0.2) is 11.7 Å². The third-order valence-corrected chi connectivity index (χ3v) is 2.80. The molecule has 1 N–H and O–H groups in total. The van der Waals surface area contributed by atoms with E-state index >= 15 is 0 Å². The second-order valence-corrected chi connectivity index (χ2v) is 4.23. The summed E-state index contributed by atoms with van der Waals surface area (Å²) in [5, 5.41) is 9.11. The Balaban J connectivity index is 2.42. The maximum atomic E-state index is 12.3. The van der Waals surface area contributed by atoms with Gasteiger partial charge in [0.2, 0.25) is 0 Å². The van der Waals surface area contributed by atoms with Gasteiger partial charge in [0.15, 0.2) is 0 Å². The van der Waals surface area contributed by atoms with E-state index < -0.39 is 6.61 Å². The summed E-state index contributed by atoms with van der Waals surface area (Å²) in [4.78, 5) is 0. The van der Waals surface area contributed by atoms with Gasteiger partial charge in [0, 0.05) is 5.56 Å². The van der Waals surface area contributed by atoms with Crippen molar-refractivity contribution in [2.24, 2.45) is 0 Å². The maximum absolute atomic E-state index is 12.3. The SMILES string of the molecule is Cc1cccc(-c2ccc(CO)c(OC(F)F)c2)c1. The highest BCUT2D eigenvalue weighted by Crippen LogP contribution is 2.29. The number of alkyl halides is 2. The molecule has 0 heterocycles. The molecule has 19 heavy (non-hydrogen) atoms. The van der Waals surface area contributed by atoms with Crippen molar-refractivity contribution in [3.8, 4) is 16.9 Å². The van der Waals surface area contributed by atoms with Gasteiger partial charge < -0.3 is 9.84 Å². The Hall–Kier alpha value is -1.94. The highest BCUT2D eigenvalue weighted by Gasteiger charge is 2.11. The van der Waals surface area contributed by atoms with Crippen molar-refractivity contribution in [3.05, 3.63) is 53.6 Å². The van der Waals surface area contributed by atoms with Gasteiger partial charge in [0.25, 0.3) is 0 Å². The van der Waals surface area contributed by atoms with E-state index in [9.17, 15) is 8.78 Å². The Kier molecular flexibility index (Phi) is 4.12. The molecule has 0 aliphatic heterocycles. The number of aliphatic hydroxyl groups is 1. The van der Waals surface area contributed by atoms with E-state index in [-0.39, 0.29) is 12.4 Å². The minimum atomic E-state index is -2.90. The molecule has 2 nitrogen and oxygen atoms in total. The first-order chi connectivity index (χ1) is 9.10. The number of aliphatic hydroxyl groups excluding tert-OH is 1. The fourth-order valence-electron chi connectivity index (χ4n) is 1.90. The normalized spacial score (nSPS) is 10.8. The van der Waals surface area contributed by atoms with Gasteiger partial charge in [0.05, 0.1) is 6.61 Å². The van der Waals surface area contributed by atoms with E-state index in [4.69, 9.17) is 5.11 Å². The van der Waals surface area contributed by atoms with E-state index in [0.717, 1.165) is 16.7 Å². The molecule has 2 aromatic rings. The topological polar surface area (TPSA) is 29.5 Å². The van der Waals surface area contributed by atoms with Crippen LogP contribution in [0.15, 0.2) is 42.5 Å². The number of rotatable bonds is 4. The van der Waals surface area contributed by atoms with Gasteiger partial charge in [-0.1, -0.05) is 42.0 Å². The first-order valence-electron chi connectivity index (χ1n) is 5.86. The predicted molar refractivity (Wildman–Crippen MR) is 69.2 cm³/mol. The number of aryl methyl sites for hydroxylation is 1. The van der Waals surface area contributed by atoms with E-state index in [1.807, 2.05) is 31.2 Å². The number of hydrogen-bond acceptors (Lipinski definition) is 2. The van der Waals surface area contributed by atoms with Crippen LogP contribution in [0.2, 0.25) is 0 Å². The van der Waals surface area contributed by atoms with Gasteiger partial charge in [0.1, 0.15) is 5.75 Å². The molecule has 2 rings (SSSR count). The lowest BCUT2D eigenvalue weighted by Crippen LogP contribution is -2.04. The quantitative estimate of drug-likeness (QED) is 0.911. The zero-order valence-corrected chi connectivity index (χ0v) is 10.4. The summed E-state index contributed by atoms with van der Waals surface area (Å²) in [6.07, 6.45) is 0. The van der Waals surface area contributed by atoms with Crippen LogP contribution < -0.4 is 4.74 Å². The first kappa shape index (κ1) is 13.5. The molecular weight excluding hydrogens is 250 g/mol. The predicted octanol–water partition coefficient (Wildman–Crippen LogP) is 3.76. The summed E-state index contributed by atoms with van der Waals surface area (Å²) in [7, 11) is 0. The van der Waals surface area contributed by atoms with E-state index in [1.165, 1.54) is 6.07 Å². The summed E-state index contributed by atoms with van der Waals surface area (Å²) in [6, 6.07) is 12.6. The zero-order chi connectivity index (χ0) is 13.8. The molecule has 0 amide bonds. The van der Waals surface area contributed by atoms with Gasteiger partial charge >= 0.3 is 6.61 Å². The van der Waals surface area contributed by atoms with Crippen molar-refractivity contribution in [1.29, 1.82) is 0 Å². The molecule has 4 heteroatoms. The second kappa shape index (κ2) is 5.80. The van der Waals surface area contributed by atoms with E-state index in [1.54, 1.807) is 12.1 Å². The van der Waals surface area contributed by atoms with Crippen molar-refractivity contribution >= 4 is 0 Å². The lowest BCUT2D eigenvalue weighted by atomic mass is 10.0. The Morgan fingerprint density at radius 2 is 1.84 bits per heavy atom. The number of benzene rings is 2. The fraction of sp³-hybridized carbons (Fsp3) is 0.200. The Morgan fingerprint density at radius 1 is 1.11 bits per heavy atom. The summed E-state index contributed by atoms with van der Waals surface area (Å²) in [5.74, 6) is 0.0107. The lowest BCUT2D eigenvalue weighted by molar-refractivity contribution is -0.0509. The van der Waals surface area contributed by atoms with Gasteiger partial charge in [-0.25, -0.2) is 0 Å². The molecule has 0 unspecified atom stereocenters. The molecule has 0 radical (unpaired) electrons. The Bertz CT molecular complexity index is 568. The van der Waals surface area contributed by atoms with Crippen LogP contribution in [0.4, 0.5) is 8.78 Å². The van der Waals surface area contributed by atoms with Crippen LogP contribution in [0.1, 0.15) is 11.1 Å². The number of ether oxygens (including phenoxy) is 1. The number of hydrogen-bond donors (Lipinski definition) is 1.